The number of thioether (sulfide) groups is 1. The first-order valence-electron chi connectivity index (χ1n) is 5.47. The Morgan fingerprint density at radius 1 is 1.61 bits per heavy atom. The number of carbonyl (C=O) groups is 2. The number of hydrogen-bond acceptors (Lipinski definition) is 6. The summed E-state index contributed by atoms with van der Waals surface area (Å²) in [5.74, 6) is -0.609. The van der Waals surface area contributed by atoms with Crippen molar-refractivity contribution >= 4 is 35.0 Å². The molecule has 18 heavy (non-hydrogen) atoms. The molecule has 0 amide bonds. The lowest BCUT2D eigenvalue weighted by molar-refractivity contribution is -0.136. The third-order valence-electron chi connectivity index (χ3n) is 1.98. The van der Waals surface area contributed by atoms with E-state index in [2.05, 4.69) is 4.98 Å². The van der Waals surface area contributed by atoms with Crippen LogP contribution in [0.1, 0.15) is 35.8 Å². The Balaban J connectivity index is 2.44. The minimum absolute atomic E-state index is 0.0234. The van der Waals surface area contributed by atoms with E-state index in [9.17, 15) is 9.59 Å². The van der Waals surface area contributed by atoms with Crippen molar-refractivity contribution in [1.29, 1.82) is 0 Å². The molecule has 0 saturated carbocycles. The van der Waals surface area contributed by atoms with Crippen molar-refractivity contribution in [3.05, 3.63) is 16.1 Å². The number of aliphatic carboxylic acids is 1. The van der Waals surface area contributed by atoms with E-state index >= 15 is 0 Å². The Morgan fingerprint density at radius 2 is 2.33 bits per heavy atom. The van der Waals surface area contributed by atoms with Crippen LogP contribution in [0.2, 0.25) is 0 Å². The summed E-state index contributed by atoms with van der Waals surface area (Å²) < 4.78 is 4.84. The van der Waals surface area contributed by atoms with Crippen LogP contribution >= 0.6 is 23.1 Å². The van der Waals surface area contributed by atoms with E-state index < -0.39 is 11.9 Å². The van der Waals surface area contributed by atoms with E-state index in [-0.39, 0.29) is 11.7 Å². The lowest BCUT2D eigenvalue weighted by Gasteiger charge is -2.06. The van der Waals surface area contributed by atoms with Crippen LogP contribution < -0.4 is 0 Å². The lowest BCUT2D eigenvalue weighted by atomic mass is 10.3. The summed E-state index contributed by atoms with van der Waals surface area (Å²) in [7, 11) is 0. The molecule has 1 unspecified atom stereocenters. The second kappa shape index (κ2) is 7.38. The first-order valence-corrected chi connectivity index (χ1v) is 7.40. The molecule has 1 aromatic heterocycles. The fraction of sp³-hybridized carbons (Fsp3) is 0.545. The Hall–Kier alpha value is -1.08. The average molecular weight is 289 g/mol. The largest absolute Gasteiger partial charge is 0.481 e. The maximum Gasteiger partial charge on any atom is 0.367 e. The van der Waals surface area contributed by atoms with Gasteiger partial charge in [-0.2, -0.15) is 11.8 Å². The summed E-state index contributed by atoms with van der Waals surface area (Å²) in [5.41, 5.74) is 0.783. The Labute approximate surface area is 114 Å². The number of aromatic nitrogens is 1. The fourth-order valence-electron chi connectivity index (χ4n) is 1.19. The number of nitrogens with zero attached hydrogens (tertiary/aromatic N) is 1. The van der Waals surface area contributed by atoms with Crippen LogP contribution in [0.5, 0.6) is 0 Å². The molecule has 1 heterocycles. The van der Waals surface area contributed by atoms with Crippen molar-refractivity contribution in [2.45, 2.75) is 31.3 Å². The minimum atomic E-state index is -0.805. The van der Waals surface area contributed by atoms with Gasteiger partial charge in [-0.25, -0.2) is 9.78 Å². The molecule has 0 aromatic carbocycles. The fourth-order valence-corrected chi connectivity index (χ4v) is 2.87. The summed E-state index contributed by atoms with van der Waals surface area (Å²) in [6, 6.07) is 0. The third-order valence-corrected chi connectivity index (χ3v) is 4.05. The summed E-state index contributed by atoms with van der Waals surface area (Å²) >= 11 is 2.76. The first kappa shape index (κ1) is 15.0. The number of esters is 1. The number of hydrogen-bond donors (Lipinski definition) is 1. The van der Waals surface area contributed by atoms with Gasteiger partial charge in [0.2, 0.25) is 5.01 Å². The molecule has 1 atom stereocenters. The molecule has 1 N–H and O–H groups in total. The molecule has 0 spiro atoms. The van der Waals surface area contributed by atoms with Crippen LogP contribution in [-0.4, -0.2) is 33.9 Å². The predicted molar refractivity (Wildman–Crippen MR) is 71.1 cm³/mol. The quantitative estimate of drug-likeness (QED) is 0.777. The normalized spacial score (nSPS) is 12.1. The van der Waals surface area contributed by atoms with Gasteiger partial charge in [-0.15, -0.1) is 11.3 Å². The highest BCUT2D eigenvalue weighted by Crippen LogP contribution is 2.21. The van der Waals surface area contributed by atoms with Gasteiger partial charge in [0, 0.05) is 16.4 Å². The summed E-state index contributed by atoms with van der Waals surface area (Å²) in [4.78, 5) is 26.0. The molecule has 100 valence electrons. The van der Waals surface area contributed by atoms with Crippen molar-refractivity contribution in [2.24, 2.45) is 0 Å². The molecule has 0 bridgehead atoms. The highest BCUT2D eigenvalue weighted by molar-refractivity contribution is 7.99. The van der Waals surface area contributed by atoms with Crippen LogP contribution in [0, 0.1) is 0 Å². The molecule has 0 fully saturated rings. The molecule has 0 aliphatic carbocycles. The second-order valence-electron chi connectivity index (χ2n) is 3.58. The molecule has 0 saturated heterocycles. The number of ether oxygens (including phenoxy) is 1. The van der Waals surface area contributed by atoms with Crippen molar-refractivity contribution in [2.75, 3.05) is 6.61 Å². The van der Waals surface area contributed by atoms with E-state index in [4.69, 9.17) is 9.84 Å². The van der Waals surface area contributed by atoms with Crippen molar-refractivity contribution in [1.82, 2.24) is 4.98 Å². The van der Waals surface area contributed by atoms with E-state index in [1.807, 2.05) is 6.92 Å². The number of carboxylic acids is 1. The Kier molecular flexibility index (Phi) is 6.14. The molecule has 0 aliphatic rings. The van der Waals surface area contributed by atoms with E-state index in [0.717, 1.165) is 5.69 Å². The monoisotopic (exact) mass is 289 g/mol. The van der Waals surface area contributed by atoms with Crippen molar-refractivity contribution < 1.29 is 19.4 Å². The van der Waals surface area contributed by atoms with Crippen LogP contribution in [0.15, 0.2) is 5.38 Å². The number of rotatable bonds is 7. The summed E-state index contributed by atoms with van der Waals surface area (Å²) in [6.07, 6.45) is 0.125. The average Bonchev–Trinajstić information content (AvgIpc) is 2.74. The van der Waals surface area contributed by atoms with Crippen molar-refractivity contribution in [3.8, 4) is 0 Å². The second-order valence-corrected chi connectivity index (χ2v) is 5.87. The highest BCUT2D eigenvalue weighted by Gasteiger charge is 2.13. The van der Waals surface area contributed by atoms with Crippen LogP contribution in [0.3, 0.4) is 0 Å². The SMILES string of the molecule is CCOC(=O)c1nc(CSC(C)CC(=O)O)cs1. The zero-order chi connectivity index (χ0) is 13.5. The summed E-state index contributed by atoms with van der Waals surface area (Å²) in [6.45, 7) is 3.94. The van der Waals surface area contributed by atoms with Gasteiger partial charge in [0.25, 0.3) is 0 Å². The Morgan fingerprint density at radius 3 is 2.94 bits per heavy atom. The first-order chi connectivity index (χ1) is 8.52. The molecule has 0 aliphatic heterocycles. The molecular weight excluding hydrogens is 274 g/mol. The number of carboxylic acid groups (broad SMARTS) is 1. The maximum atomic E-state index is 11.4. The van der Waals surface area contributed by atoms with E-state index in [0.29, 0.717) is 17.4 Å². The van der Waals surface area contributed by atoms with Crippen LogP contribution in [0.25, 0.3) is 0 Å². The van der Waals surface area contributed by atoms with Gasteiger partial charge in [-0.05, 0) is 6.92 Å². The smallest absolute Gasteiger partial charge is 0.367 e. The van der Waals surface area contributed by atoms with Gasteiger partial charge in [0.15, 0.2) is 0 Å². The molecule has 5 nitrogen and oxygen atoms in total. The molecule has 1 aromatic rings. The maximum absolute atomic E-state index is 11.4. The molecule has 0 radical (unpaired) electrons. The highest BCUT2D eigenvalue weighted by atomic mass is 32.2. The lowest BCUT2D eigenvalue weighted by Crippen LogP contribution is -2.06. The van der Waals surface area contributed by atoms with Gasteiger partial charge in [-0.1, -0.05) is 6.92 Å². The zero-order valence-corrected chi connectivity index (χ0v) is 11.8. The van der Waals surface area contributed by atoms with Gasteiger partial charge >= 0.3 is 11.9 Å². The molecule has 7 heteroatoms. The number of thiazole rings is 1. The minimum Gasteiger partial charge on any atom is -0.481 e. The number of carbonyl (C=O) groups excluding carboxylic acids is 1. The van der Waals surface area contributed by atoms with Crippen LogP contribution in [0.4, 0.5) is 0 Å². The summed E-state index contributed by atoms with van der Waals surface area (Å²) in [5, 5.41) is 10.8. The molecular formula is C11H15NO4S2. The molecule has 1 rings (SSSR count). The Bertz CT molecular complexity index is 419. The van der Waals surface area contributed by atoms with Gasteiger partial charge in [-0.3, -0.25) is 4.79 Å². The van der Waals surface area contributed by atoms with Gasteiger partial charge < -0.3 is 9.84 Å². The topological polar surface area (TPSA) is 76.5 Å². The van der Waals surface area contributed by atoms with E-state index in [1.165, 1.54) is 23.1 Å². The zero-order valence-electron chi connectivity index (χ0n) is 10.2. The van der Waals surface area contributed by atoms with Gasteiger partial charge in [0.1, 0.15) is 0 Å². The van der Waals surface area contributed by atoms with Crippen LogP contribution in [-0.2, 0) is 15.3 Å². The van der Waals surface area contributed by atoms with Gasteiger partial charge in [0.05, 0.1) is 18.7 Å². The standard InChI is InChI=1S/C11H15NO4S2/c1-3-16-11(15)10-12-8(6-18-10)5-17-7(2)4-9(13)14/h6-7H,3-5H2,1-2H3,(H,13,14). The third kappa shape index (κ3) is 5.05. The van der Waals surface area contributed by atoms with E-state index in [1.54, 1.807) is 12.3 Å². The van der Waals surface area contributed by atoms with Crippen molar-refractivity contribution in [3.63, 3.8) is 0 Å². The predicted octanol–water partition coefficient (Wildman–Crippen LogP) is 2.42.